The molecular formula is C13H15N5O. The van der Waals surface area contributed by atoms with Crippen molar-refractivity contribution >= 4 is 0 Å². The van der Waals surface area contributed by atoms with Gasteiger partial charge in [0.1, 0.15) is 11.9 Å². The van der Waals surface area contributed by atoms with Crippen LogP contribution in [0.5, 0.6) is 0 Å². The highest BCUT2D eigenvalue weighted by atomic mass is 16.1. The van der Waals surface area contributed by atoms with E-state index in [0.29, 0.717) is 5.56 Å². The van der Waals surface area contributed by atoms with Gasteiger partial charge >= 0.3 is 5.69 Å². The van der Waals surface area contributed by atoms with Gasteiger partial charge in [0.25, 0.3) is 0 Å². The molecule has 1 N–H and O–H groups in total. The molecule has 0 saturated heterocycles. The summed E-state index contributed by atoms with van der Waals surface area (Å²) in [5, 5.41) is 15.2. The Balaban J connectivity index is 0.000000637. The van der Waals surface area contributed by atoms with Gasteiger partial charge in [0.15, 0.2) is 0 Å². The molecule has 0 fully saturated rings. The third kappa shape index (κ3) is 2.27. The minimum absolute atomic E-state index is 0.0583. The fourth-order valence-corrected chi connectivity index (χ4v) is 2.25. The molecule has 0 saturated carbocycles. The predicted octanol–water partition coefficient (Wildman–Crippen LogP) is 1.40. The lowest BCUT2D eigenvalue weighted by atomic mass is 10.1. The predicted molar refractivity (Wildman–Crippen MR) is 69.6 cm³/mol. The van der Waals surface area contributed by atoms with E-state index in [0.717, 1.165) is 24.2 Å². The summed E-state index contributed by atoms with van der Waals surface area (Å²) in [4.78, 5) is 15.6. The van der Waals surface area contributed by atoms with Crippen molar-refractivity contribution in [2.75, 3.05) is 0 Å². The number of nitriles is 1. The molecule has 2 aromatic rings. The highest BCUT2D eigenvalue weighted by Gasteiger charge is 2.27. The second-order valence-corrected chi connectivity index (χ2v) is 3.99. The molecule has 3 heterocycles. The van der Waals surface area contributed by atoms with Crippen molar-refractivity contribution in [1.82, 2.24) is 19.7 Å². The van der Waals surface area contributed by atoms with Gasteiger partial charge in [0, 0.05) is 18.8 Å². The second-order valence-electron chi connectivity index (χ2n) is 3.99. The molecule has 1 aliphatic rings. The van der Waals surface area contributed by atoms with Gasteiger partial charge < -0.3 is 0 Å². The van der Waals surface area contributed by atoms with Crippen molar-refractivity contribution in [2.45, 2.75) is 32.7 Å². The standard InChI is InChI=1S/C11H9N5O.C2H6/c12-4-7-3-8(6-13-5-7)9-1-2-10-14-15-11(17)16(9)10;1-2/h3,5-6,9H,1-2H2,(H,15,17);1-2H3. The fraction of sp³-hybridized carbons (Fsp3) is 0.385. The second kappa shape index (κ2) is 5.48. The summed E-state index contributed by atoms with van der Waals surface area (Å²) in [5.74, 6) is 0.766. The van der Waals surface area contributed by atoms with Crippen molar-refractivity contribution in [3.63, 3.8) is 0 Å². The maximum atomic E-state index is 11.6. The molecule has 0 radical (unpaired) electrons. The average molecular weight is 257 g/mol. The maximum Gasteiger partial charge on any atom is 0.343 e. The Morgan fingerprint density at radius 3 is 3.00 bits per heavy atom. The van der Waals surface area contributed by atoms with Crippen LogP contribution in [0.25, 0.3) is 0 Å². The molecule has 19 heavy (non-hydrogen) atoms. The molecule has 0 spiro atoms. The van der Waals surface area contributed by atoms with E-state index in [-0.39, 0.29) is 11.7 Å². The van der Waals surface area contributed by atoms with Crippen molar-refractivity contribution in [1.29, 1.82) is 5.26 Å². The topological polar surface area (TPSA) is 87.4 Å². The molecular weight excluding hydrogens is 242 g/mol. The number of pyridine rings is 1. The van der Waals surface area contributed by atoms with Gasteiger partial charge in [-0.2, -0.15) is 10.4 Å². The number of nitrogens with zero attached hydrogens (tertiary/aromatic N) is 4. The van der Waals surface area contributed by atoms with Gasteiger partial charge in [0.2, 0.25) is 0 Å². The van der Waals surface area contributed by atoms with Crippen LogP contribution >= 0.6 is 0 Å². The zero-order valence-corrected chi connectivity index (χ0v) is 10.9. The molecule has 6 nitrogen and oxygen atoms in total. The quantitative estimate of drug-likeness (QED) is 0.836. The van der Waals surface area contributed by atoms with Gasteiger partial charge in [-0.15, -0.1) is 0 Å². The Morgan fingerprint density at radius 1 is 1.47 bits per heavy atom. The summed E-state index contributed by atoms with van der Waals surface area (Å²) < 4.78 is 1.64. The Bertz CT molecular complexity index is 664. The third-order valence-electron chi connectivity index (χ3n) is 3.00. The highest BCUT2D eigenvalue weighted by Crippen LogP contribution is 2.28. The fourth-order valence-electron chi connectivity index (χ4n) is 2.25. The summed E-state index contributed by atoms with van der Waals surface area (Å²) in [6.45, 7) is 4.00. The summed E-state index contributed by atoms with van der Waals surface area (Å²) in [6.07, 6.45) is 4.79. The number of rotatable bonds is 1. The van der Waals surface area contributed by atoms with Gasteiger partial charge in [-0.1, -0.05) is 13.8 Å². The van der Waals surface area contributed by atoms with E-state index in [2.05, 4.69) is 15.2 Å². The number of H-pyrrole nitrogens is 1. The summed E-state index contributed by atoms with van der Waals surface area (Å²) >= 11 is 0. The summed E-state index contributed by atoms with van der Waals surface area (Å²) in [7, 11) is 0. The molecule has 0 aromatic carbocycles. The van der Waals surface area contributed by atoms with Crippen molar-refractivity contribution in [3.05, 3.63) is 45.9 Å². The van der Waals surface area contributed by atoms with Gasteiger partial charge in [0.05, 0.1) is 11.6 Å². The number of hydrogen-bond acceptors (Lipinski definition) is 4. The first-order chi connectivity index (χ1) is 9.29. The molecule has 98 valence electrons. The minimum atomic E-state index is -0.204. The molecule has 3 rings (SSSR count). The largest absolute Gasteiger partial charge is 0.343 e. The third-order valence-corrected chi connectivity index (χ3v) is 3.00. The van der Waals surface area contributed by atoms with Crippen LogP contribution in [0.1, 0.15) is 43.3 Å². The van der Waals surface area contributed by atoms with Crippen molar-refractivity contribution in [2.24, 2.45) is 0 Å². The normalized spacial score (nSPS) is 16.2. The molecule has 1 aliphatic heterocycles. The van der Waals surface area contributed by atoms with E-state index in [1.54, 1.807) is 16.8 Å². The summed E-state index contributed by atoms with van der Waals surface area (Å²) in [5.41, 5.74) is 1.18. The first-order valence-corrected chi connectivity index (χ1v) is 6.30. The van der Waals surface area contributed by atoms with E-state index in [1.807, 2.05) is 19.9 Å². The van der Waals surface area contributed by atoms with E-state index < -0.39 is 0 Å². The Kier molecular flexibility index (Phi) is 3.76. The number of aromatic nitrogens is 4. The molecule has 0 aliphatic carbocycles. The van der Waals surface area contributed by atoms with Crippen LogP contribution in [-0.4, -0.2) is 19.7 Å². The van der Waals surface area contributed by atoms with Gasteiger partial charge in [-0.3, -0.25) is 9.55 Å². The average Bonchev–Trinajstić information content (AvgIpc) is 3.05. The monoisotopic (exact) mass is 257 g/mol. The number of aromatic amines is 1. The molecule has 1 atom stereocenters. The smallest absolute Gasteiger partial charge is 0.271 e. The Labute approximate surface area is 110 Å². The maximum absolute atomic E-state index is 11.6. The number of nitrogens with one attached hydrogen (secondary N) is 1. The van der Waals surface area contributed by atoms with Crippen LogP contribution in [0, 0.1) is 11.3 Å². The number of aryl methyl sites for hydroxylation is 1. The van der Waals surface area contributed by atoms with E-state index in [1.165, 1.54) is 6.20 Å². The van der Waals surface area contributed by atoms with Gasteiger partial charge in [-0.05, 0) is 18.1 Å². The lowest BCUT2D eigenvalue weighted by Gasteiger charge is -2.11. The highest BCUT2D eigenvalue weighted by molar-refractivity contribution is 5.31. The van der Waals surface area contributed by atoms with E-state index in [4.69, 9.17) is 5.26 Å². The minimum Gasteiger partial charge on any atom is -0.271 e. The van der Waals surface area contributed by atoms with E-state index in [9.17, 15) is 4.79 Å². The Hall–Kier alpha value is -2.42. The SMILES string of the molecule is CC.N#Cc1cncc(C2CCc3n[nH]c(=O)n32)c1. The lowest BCUT2D eigenvalue weighted by Crippen LogP contribution is -2.20. The van der Waals surface area contributed by atoms with Crippen LogP contribution in [0.4, 0.5) is 0 Å². The van der Waals surface area contributed by atoms with Crippen LogP contribution < -0.4 is 5.69 Å². The molecule has 2 aromatic heterocycles. The molecule has 0 amide bonds. The van der Waals surface area contributed by atoms with Crippen LogP contribution in [0.2, 0.25) is 0 Å². The Morgan fingerprint density at radius 2 is 2.26 bits per heavy atom. The molecule has 6 heteroatoms. The number of hydrogen-bond donors (Lipinski definition) is 1. The van der Waals surface area contributed by atoms with Crippen molar-refractivity contribution in [3.8, 4) is 6.07 Å². The first kappa shape index (κ1) is 13.0. The zero-order valence-electron chi connectivity index (χ0n) is 10.9. The first-order valence-electron chi connectivity index (χ1n) is 6.30. The van der Waals surface area contributed by atoms with E-state index >= 15 is 0 Å². The lowest BCUT2D eigenvalue weighted by molar-refractivity contribution is 0.595. The van der Waals surface area contributed by atoms with Crippen LogP contribution in [0.3, 0.4) is 0 Å². The molecule has 0 bridgehead atoms. The summed E-state index contributed by atoms with van der Waals surface area (Å²) in [6, 6.07) is 3.76. The van der Waals surface area contributed by atoms with Gasteiger partial charge in [-0.25, -0.2) is 9.89 Å². The molecule has 1 unspecified atom stereocenters. The zero-order chi connectivity index (χ0) is 13.8. The number of fused-ring (bicyclic) bond motifs is 1. The van der Waals surface area contributed by atoms with Crippen molar-refractivity contribution < 1.29 is 0 Å². The van der Waals surface area contributed by atoms with Crippen LogP contribution in [0.15, 0.2) is 23.3 Å². The van der Waals surface area contributed by atoms with Crippen LogP contribution in [-0.2, 0) is 6.42 Å².